The van der Waals surface area contributed by atoms with E-state index in [9.17, 15) is 9.59 Å². The van der Waals surface area contributed by atoms with Gasteiger partial charge in [0, 0.05) is 6.54 Å². The summed E-state index contributed by atoms with van der Waals surface area (Å²) >= 11 is 0. The Labute approximate surface area is 182 Å². The van der Waals surface area contributed by atoms with Crippen LogP contribution in [0.3, 0.4) is 0 Å². The molecule has 1 amide bonds. The van der Waals surface area contributed by atoms with Crippen LogP contribution < -0.4 is 14.2 Å². The number of benzene rings is 2. The molecule has 1 heterocycles. The quantitative estimate of drug-likeness (QED) is 0.631. The van der Waals surface area contributed by atoms with Gasteiger partial charge in [-0.2, -0.15) is 0 Å². The number of amides is 1. The van der Waals surface area contributed by atoms with E-state index in [2.05, 4.69) is 0 Å². The summed E-state index contributed by atoms with van der Waals surface area (Å²) in [5.41, 5.74) is 4.13. The second kappa shape index (κ2) is 9.73. The molecule has 166 valence electrons. The summed E-state index contributed by atoms with van der Waals surface area (Å²) in [5, 5.41) is 0. The zero-order chi connectivity index (χ0) is 22.5. The molecule has 0 bridgehead atoms. The highest BCUT2D eigenvalue weighted by atomic mass is 16.5. The van der Waals surface area contributed by atoms with Crippen molar-refractivity contribution < 1.29 is 28.5 Å². The number of hydrogen-bond donors (Lipinski definition) is 0. The van der Waals surface area contributed by atoms with Crippen LogP contribution in [0.1, 0.15) is 34.7 Å². The summed E-state index contributed by atoms with van der Waals surface area (Å²) in [6, 6.07) is 9.01. The summed E-state index contributed by atoms with van der Waals surface area (Å²) in [7, 11) is 4.48. The molecule has 2 aromatic carbocycles. The van der Waals surface area contributed by atoms with E-state index in [1.807, 2.05) is 44.2 Å². The molecule has 3 rings (SSSR count). The van der Waals surface area contributed by atoms with Crippen LogP contribution in [-0.4, -0.2) is 51.3 Å². The topological polar surface area (TPSA) is 74.3 Å². The Kier molecular flexibility index (Phi) is 7.05. The van der Waals surface area contributed by atoms with Gasteiger partial charge in [0.1, 0.15) is 5.75 Å². The average Bonchev–Trinajstić information content (AvgIpc) is 2.78. The van der Waals surface area contributed by atoms with Crippen LogP contribution in [0.25, 0.3) is 0 Å². The van der Waals surface area contributed by atoms with Crippen LogP contribution in [-0.2, 0) is 20.7 Å². The molecular formula is C24H29NO6. The fourth-order valence-electron chi connectivity index (χ4n) is 3.82. The van der Waals surface area contributed by atoms with Crippen molar-refractivity contribution >= 4 is 11.9 Å². The van der Waals surface area contributed by atoms with Crippen molar-refractivity contribution in [3.8, 4) is 17.2 Å². The van der Waals surface area contributed by atoms with Crippen LogP contribution in [0.5, 0.6) is 17.2 Å². The number of esters is 1. The van der Waals surface area contributed by atoms with Gasteiger partial charge in [-0.05, 0) is 66.8 Å². The maximum atomic E-state index is 13.1. The van der Waals surface area contributed by atoms with E-state index in [0.29, 0.717) is 30.2 Å². The third kappa shape index (κ3) is 4.93. The number of carbonyl (C=O) groups excluding carboxylic acids is 2. The second-order valence-corrected chi connectivity index (χ2v) is 7.57. The van der Waals surface area contributed by atoms with Gasteiger partial charge in [0.15, 0.2) is 18.1 Å². The molecule has 0 saturated heterocycles. The molecule has 31 heavy (non-hydrogen) atoms. The van der Waals surface area contributed by atoms with Crippen LogP contribution in [0.4, 0.5) is 0 Å². The lowest BCUT2D eigenvalue weighted by atomic mass is 9.90. The Hall–Kier alpha value is -3.22. The van der Waals surface area contributed by atoms with Gasteiger partial charge in [-0.25, -0.2) is 0 Å². The number of rotatable bonds is 7. The number of hydrogen-bond acceptors (Lipinski definition) is 6. The van der Waals surface area contributed by atoms with Gasteiger partial charge >= 0.3 is 5.97 Å². The van der Waals surface area contributed by atoms with Gasteiger partial charge in [-0.1, -0.05) is 6.07 Å². The second-order valence-electron chi connectivity index (χ2n) is 7.57. The number of nitrogens with zero attached hydrogens (tertiary/aromatic N) is 1. The first kappa shape index (κ1) is 22.5. The van der Waals surface area contributed by atoms with Crippen LogP contribution in [0, 0.1) is 13.8 Å². The number of carbonyl (C=O) groups is 2. The molecule has 0 radical (unpaired) electrons. The Balaban J connectivity index is 1.85. The molecule has 7 nitrogen and oxygen atoms in total. The molecule has 0 spiro atoms. The van der Waals surface area contributed by atoms with Crippen molar-refractivity contribution in [2.75, 3.05) is 34.5 Å². The molecule has 0 aromatic heterocycles. The third-order valence-electron chi connectivity index (χ3n) is 5.75. The van der Waals surface area contributed by atoms with Crippen LogP contribution in [0.2, 0.25) is 0 Å². The van der Waals surface area contributed by atoms with E-state index >= 15 is 0 Å². The van der Waals surface area contributed by atoms with Gasteiger partial charge in [-0.3, -0.25) is 9.59 Å². The Morgan fingerprint density at radius 1 is 1.00 bits per heavy atom. The number of fused-ring (bicyclic) bond motifs is 1. The van der Waals surface area contributed by atoms with Crippen molar-refractivity contribution in [1.29, 1.82) is 0 Å². The standard InChI is InChI=1S/C24H29NO6/c1-15-6-7-18(10-16(15)2)31-14-23(26)25-9-8-17-11-21(28-3)22(29-4)12-19(17)20(25)13-24(27)30-5/h6-7,10-12,20H,8-9,13-14H2,1-5H3. The molecule has 0 saturated carbocycles. The van der Waals surface area contributed by atoms with E-state index in [4.69, 9.17) is 18.9 Å². The lowest BCUT2D eigenvalue weighted by Gasteiger charge is -2.37. The summed E-state index contributed by atoms with van der Waals surface area (Å²) in [5.74, 6) is 1.24. The van der Waals surface area contributed by atoms with Gasteiger partial charge in [0.25, 0.3) is 5.91 Å². The minimum atomic E-state index is -0.466. The molecule has 1 aliphatic rings. The summed E-state index contributed by atoms with van der Waals surface area (Å²) in [6.07, 6.45) is 0.692. The highest BCUT2D eigenvalue weighted by Gasteiger charge is 2.34. The maximum absolute atomic E-state index is 13.1. The molecule has 0 aliphatic carbocycles. The van der Waals surface area contributed by atoms with Crippen LogP contribution in [0.15, 0.2) is 30.3 Å². The first-order chi connectivity index (χ1) is 14.9. The lowest BCUT2D eigenvalue weighted by molar-refractivity contribution is -0.144. The molecular weight excluding hydrogens is 398 g/mol. The van der Waals surface area contributed by atoms with E-state index in [-0.39, 0.29) is 24.9 Å². The van der Waals surface area contributed by atoms with Crippen LogP contribution >= 0.6 is 0 Å². The summed E-state index contributed by atoms with van der Waals surface area (Å²) in [4.78, 5) is 26.9. The number of methoxy groups -OCH3 is 3. The molecule has 2 aromatic rings. The Morgan fingerprint density at radius 2 is 1.71 bits per heavy atom. The van der Waals surface area contributed by atoms with E-state index in [0.717, 1.165) is 22.3 Å². The normalized spacial score (nSPS) is 15.1. The predicted molar refractivity (Wildman–Crippen MR) is 116 cm³/mol. The van der Waals surface area contributed by atoms with Crippen molar-refractivity contribution in [2.24, 2.45) is 0 Å². The fraction of sp³-hybridized carbons (Fsp3) is 0.417. The lowest BCUT2D eigenvalue weighted by Crippen LogP contribution is -2.43. The van der Waals surface area contributed by atoms with Gasteiger partial charge < -0.3 is 23.8 Å². The maximum Gasteiger partial charge on any atom is 0.307 e. The summed E-state index contributed by atoms with van der Waals surface area (Å²) in [6.45, 7) is 4.39. The predicted octanol–water partition coefficient (Wildman–Crippen LogP) is 3.39. The Morgan fingerprint density at radius 3 is 2.35 bits per heavy atom. The average molecular weight is 427 g/mol. The minimum absolute atomic E-state index is 0.0500. The molecule has 1 aliphatic heterocycles. The third-order valence-corrected chi connectivity index (χ3v) is 5.75. The smallest absolute Gasteiger partial charge is 0.307 e. The highest BCUT2D eigenvalue weighted by Crippen LogP contribution is 2.39. The van der Waals surface area contributed by atoms with E-state index < -0.39 is 6.04 Å². The van der Waals surface area contributed by atoms with Crippen molar-refractivity contribution in [3.05, 3.63) is 52.6 Å². The van der Waals surface area contributed by atoms with Gasteiger partial charge in [0.2, 0.25) is 0 Å². The molecule has 0 N–H and O–H groups in total. The van der Waals surface area contributed by atoms with E-state index in [1.54, 1.807) is 19.1 Å². The largest absolute Gasteiger partial charge is 0.493 e. The zero-order valence-corrected chi connectivity index (χ0v) is 18.7. The van der Waals surface area contributed by atoms with Crippen molar-refractivity contribution in [2.45, 2.75) is 32.7 Å². The molecule has 1 atom stereocenters. The SMILES string of the molecule is COC(=O)CC1c2cc(OC)c(OC)cc2CCN1C(=O)COc1ccc(C)c(C)c1. The fourth-order valence-corrected chi connectivity index (χ4v) is 3.82. The first-order valence-corrected chi connectivity index (χ1v) is 10.2. The summed E-state index contributed by atoms with van der Waals surface area (Å²) < 4.78 is 21.5. The molecule has 0 fully saturated rings. The molecule has 1 unspecified atom stereocenters. The number of aryl methyl sites for hydroxylation is 2. The van der Waals surface area contributed by atoms with Crippen molar-refractivity contribution in [1.82, 2.24) is 4.90 Å². The van der Waals surface area contributed by atoms with Gasteiger partial charge in [0.05, 0.1) is 33.8 Å². The first-order valence-electron chi connectivity index (χ1n) is 10.2. The highest BCUT2D eigenvalue weighted by molar-refractivity contribution is 5.80. The minimum Gasteiger partial charge on any atom is -0.493 e. The van der Waals surface area contributed by atoms with E-state index in [1.165, 1.54) is 7.11 Å². The Bertz CT molecular complexity index is 971. The molecule has 7 heteroatoms. The number of ether oxygens (including phenoxy) is 4. The van der Waals surface area contributed by atoms with Gasteiger partial charge in [-0.15, -0.1) is 0 Å². The zero-order valence-electron chi connectivity index (χ0n) is 18.7. The monoisotopic (exact) mass is 427 g/mol. The van der Waals surface area contributed by atoms with Crippen molar-refractivity contribution in [3.63, 3.8) is 0 Å².